The molecule has 0 spiro atoms. The third kappa shape index (κ3) is 1.62. The zero-order valence-electron chi connectivity index (χ0n) is 7.35. The summed E-state index contributed by atoms with van der Waals surface area (Å²) in [5.41, 5.74) is 0.708. The van der Waals surface area contributed by atoms with E-state index in [9.17, 15) is 0 Å². The van der Waals surface area contributed by atoms with Crippen LogP contribution in [0.5, 0.6) is 0 Å². The van der Waals surface area contributed by atoms with E-state index < -0.39 is 0 Å². The summed E-state index contributed by atoms with van der Waals surface area (Å²) < 4.78 is 0. The van der Waals surface area contributed by atoms with Crippen molar-refractivity contribution >= 4 is 0 Å². The molecule has 0 heterocycles. The normalized spacial score (nSPS) is 25.1. The predicted molar refractivity (Wildman–Crippen MR) is 45.9 cm³/mol. The molecule has 0 nitrogen and oxygen atoms in total. The summed E-state index contributed by atoms with van der Waals surface area (Å²) in [7, 11) is 0. The van der Waals surface area contributed by atoms with E-state index in [1.165, 1.54) is 19.3 Å². The summed E-state index contributed by atoms with van der Waals surface area (Å²) in [4.78, 5) is 0. The molecule has 0 amide bonds. The van der Waals surface area contributed by atoms with Crippen molar-refractivity contribution in [2.45, 2.75) is 40.0 Å². The monoisotopic (exact) mass is 138 g/mol. The van der Waals surface area contributed by atoms with E-state index in [1.807, 2.05) is 0 Å². The molecule has 1 atom stereocenters. The predicted octanol–water partition coefficient (Wildman–Crippen LogP) is 3.39. The molecule has 0 saturated heterocycles. The van der Waals surface area contributed by atoms with Gasteiger partial charge in [-0.1, -0.05) is 26.0 Å². The molecule has 1 unspecified atom stereocenters. The first-order valence-electron chi connectivity index (χ1n) is 4.30. The summed E-state index contributed by atoms with van der Waals surface area (Å²) in [5, 5.41) is 0. The molecule has 0 aromatic rings. The summed E-state index contributed by atoms with van der Waals surface area (Å²) in [6, 6.07) is 0. The van der Waals surface area contributed by atoms with Gasteiger partial charge in [-0.05, 0) is 37.5 Å². The van der Waals surface area contributed by atoms with Gasteiger partial charge in [-0.25, -0.2) is 0 Å². The Bertz CT molecular complexity index is 129. The van der Waals surface area contributed by atoms with Gasteiger partial charge >= 0.3 is 0 Å². The fourth-order valence-corrected chi connectivity index (χ4v) is 1.31. The van der Waals surface area contributed by atoms with Gasteiger partial charge in [0.2, 0.25) is 0 Å². The number of hydrogen-bond donors (Lipinski definition) is 0. The molecule has 1 aliphatic rings. The van der Waals surface area contributed by atoms with Gasteiger partial charge in [-0.3, -0.25) is 0 Å². The zero-order chi connectivity index (χ0) is 7.61. The lowest BCUT2D eigenvalue weighted by Gasteiger charge is -2.15. The van der Waals surface area contributed by atoms with Gasteiger partial charge in [0.1, 0.15) is 0 Å². The fourth-order valence-electron chi connectivity index (χ4n) is 1.31. The van der Waals surface area contributed by atoms with Gasteiger partial charge in [0.15, 0.2) is 0 Å². The molecule has 0 aromatic carbocycles. The molecule has 1 saturated carbocycles. The van der Waals surface area contributed by atoms with Crippen molar-refractivity contribution in [2.24, 2.45) is 11.3 Å². The van der Waals surface area contributed by atoms with Crippen LogP contribution < -0.4 is 0 Å². The lowest BCUT2D eigenvalue weighted by molar-refractivity contribution is 0.368. The van der Waals surface area contributed by atoms with E-state index >= 15 is 0 Å². The van der Waals surface area contributed by atoms with E-state index in [4.69, 9.17) is 0 Å². The largest absolute Gasteiger partial charge is 0.0917 e. The first kappa shape index (κ1) is 7.84. The van der Waals surface area contributed by atoms with Crippen LogP contribution in [0.3, 0.4) is 0 Å². The van der Waals surface area contributed by atoms with E-state index in [-0.39, 0.29) is 0 Å². The van der Waals surface area contributed by atoms with E-state index in [0.717, 1.165) is 5.92 Å². The average molecular weight is 138 g/mol. The van der Waals surface area contributed by atoms with Crippen LogP contribution in [0.1, 0.15) is 40.0 Å². The smallest absolute Gasteiger partial charge is 0.0297 e. The van der Waals surface area contributed by atoms with Gasteiger partial charge < -0.3 is 0 Å². The minimum Gasteiger partial charge on any atom is -0.0917 e. The maximum absolute atomic E-state index is 2.40. The molecule has 0 radical (unpaired) electrons. The van der Waals surface area contributed by atoms with Crippen LogP contribution in [0.2, 0.25) is 0 Å². The molecule has 10 heavy (non-hydrogen) atoms. The van der Waals surface area contributed by atoms with Crippen molar-refractivity contribution in [3.63, 3.8) is 0 Å². The quantitative estimate of drug-likeness (QED) is 0.524. The highest BCUT2D eigenvalue weighted by atomic mass is 14.5. The standard InChI is InChI=1S/C10H18/c1-4-5-6-9(2)10(3)7-8-10/h4-5,9H,6-8H2,1-3H3. The maximum Gasteiger partial charge on any atom is -0.0297 e. The van der Waals surface area contributed by atoms with Gasteiger partial charge in [0.25, 0.3) is 0 Å². The molecule has 0 aliphatic heterocycles. The Morgan fingerprint density at radius 3 is 2.50 bits per heavy atom. The van der Waals surface area contributed by atoms with Gasteiger partial charge in [-0.15, -0.1) is 0 Å². The Morgan fingerprint density at radius 1 is 1.50 bits per heavy atom. The highest BCUT2D eigenvalue weighted by Gasteiger charge is 2.41. The third-order valence-corrected chi connectivity index (χ3v) is 2.95. The van der Waals surface area contributed by atoms with Crippen LogP contribution in [-0.2, 0) is 0 Å². The molecule has 58 valence electrons. The minimum absolute atomic E-state index is 0.708. The van der Waals surface area contributed by atoms with Crippen molar-refractivity contribution in [1.29, 1.82) is 0 Å². The Labute approximate surface area is 64.3 Å². The van der Waals surface area contributed by atoms with Crippen molar-refractivity contribution < 1.29 is 0 Å². The maximum atomic E-state index is 2.40. The summed E-state index contributed by atoms with van der Waals surface area (Å²) in [6.07, 6.45) is 8.61. The van der Waals surface area contributed by atoms with Gasteiger partial charge in [0, 0.05) is 0 Å². The van der Waals surface area contributed by atoms with Crippen LogP contribution in [0.15, 0.2) is 12.2 Å². The van der Waals surface area contributed by atoms with E-state index in [1.54, 1.807) is 0 Å². The van der Waals surface area contributed by atoms with Crippen molar-refractivity contribution in [1.82, 2.24) is 0 Å². The lowest BCUT2D eigenvalue weighted by Crippen LogP contribution is -2.06. The molecule has 0 aromatic heterocycles. The van der Waals surface area contributed by atoms with Crippen LogP contribution in [-0.4, -0.2) is 0 Å². The Hall–Kier alpha value is -0.260. The summed E-state index contributed by atoms with van der Waals surface area (Å²) in [5.74, 6) is 0.892. The molecule has 1 rings (SSSR count). The highest BCUT2D eigenvalue weighted by molar-refractivity contribution is 4.95. The molecular formula is C10H18. The molecule has 0 heteroatoms. The van der Waals surface area contributed by atoms with E-state index in [2.05, 4.69) is 32.9 Å². The summed E-state index contributed by atoms with van der Waals surface area (Å²) in [6.45, 7) is 6.87. The first-order chi connectivity index (χ1) is 4.69. The van der Waals surface area contributed by atoms with Crippen LogP contribution in [0, 0.1) is 11.3 Å². The highest BCUT2D eigenvalue weighted by Crippen LogP contribution is 2.52. The second-order valence-electron chi connectivity index (χ2n) is 3.86. The molecule has 1 fully saturated rings. The zero-order valence-corrected chi connectivity index (χ0v) is 7.35. The minimum atomic E-state index is 0.708. The van der Waals surface area contributed by atoms with Crippen LogP contribution in [0.25, 0.3) is 0 Å². The Morgan fingerprint density at radius 2 is 2.10 bits per heavy atom. The van der Waals surface area contributed by atoms with Crippen molar-refractivity contribution in [2.75, 3.05) is 0 Å². The topological polar surface area (TPSA) is 0 Å². The van der Waals surface area contributed by atoms with Crippen molar-refractivity contribution in [3.8, 4) is 0 Å². The van der Waals surface area contributed by atoms with Crippen molar-refractivity contribution in [3.05, 3.63) is 12.2 Å². The van der Waals surface area contributed by atoms with Crippen LogP contribution in [0.4, 0.5) is 0 Å². The molecule has 0 N–H and O–H groups in total. The average Bonchev–Trinajstić information content (AvgIpc) is 2.64. The number of rotatable bonds is 3. The molecular weight excluding hydrogens is 120 g/mol. The molecule has 1 aliphatic carbocycles. The van der Waals surface area contributed by atoms with Gasteiger partial charge in [0.05, 0.1) is 0 Å². The number of allylic oxidation sites excluding steroid dienone is 2. The van der Waals surface area contributed by atoms with Gasteiger partial charge in [-0.2, -0.15) is 0 Å². The van der Waals surface area contributed by atoms with E-state index in [0.29, 0.717) is 5.41 Å². The first-order valence-corrected chi connectivity index (χ1v) is 4.30. The Kier molecular flexibility index (Phi) is 2.18. The molecule has 0 bridgehead atoms. The summed E-state index contributed by atoms with van der Waals surface area (Å²) >= 11 is 0. The third-order valence-electron chi connectivity index (χ3n) is 2.95. The lowest BCUT2D eigenvalue weighted by atomic mass is 9.90. The fraction of sp³-hybridized carbons (Fsp3) is 0.800. The van der Waals surface area contributed by atoms with Crippen LogP contribution >= 0.6 is 0 Å². The SMILES string of the molecule is CC=CCC(C)C1(C)CC1. The second kappa shape index (κ2) is 2.77. The number of hydrogen-bond acceptors (Lipinski definition) is 0. The Balaban J connectivity index is 2.27. The second-order valence-corrected chi connectivity index (χ2v) is 3.86.